The average Bonchev–Trinajstić information content (AvgIpc) is 3.08. The lowest BCUT2D eigenvalue weighted by molar-refractivity contribution is 0.0656. The SMILES string of the molecule is CC(NCC1CCOCC1)c1cccc(-n2cnnn2)c1. The van der Waals surface area contributed by atoms with E-state index in [2.05, 4.69) is 39.9 Å². The maximum absolute atomic E-state index is 5.40. The second kappa shape index (κ2) is 6.78. The summed E-state index contributed by atoms with van der Waals surface area (Å²) in [5.74, 6) is 0.726. The largest absolute Gasteiger partial charge is 0.381 e. The quantitative estimate of drug-likeness (QED) is 0.907. The van der Waals surface area contributed by atoms with Crippen LogP contribution in [-0.4, -0.2) is 40.0 Å². The van der Waals surface area contributed by atoms with Crippen LogP contribution >= 0.6 is 0 Å². The van der Waals surface area contributed by atoms with Gasteiger partial charge in [-0.2, -0.15) is 0 Å². The first kappa shape index (κ1) is 14.2. The van der Waals surface area contributed by atoms with Crippen LogP contribution in [0.2, 0.25) is 0 Å². The van der Waals surface area contributed by atoms with Gasteiger partial charge in [-0.3, -0.25) is 0 Å². The van der Waals surface area contributed by atoms with Gasteiger partial charge in [0.1, 0.15) is 6.33 Å². The van der Waals surface area contributed by atoms with Crippen molar-refractivity contribution in [1.29, 1.82) is 0 Å². The van der Waals surface area contributed by atoms with Crippen LogP contribution < -0.4 is 5.32 Å². The molecule has 1 aliphatic rings. The molecule has 0 radical (unpaired) electrons. The molecule has 0 saturated carbocycles. The normalized spacial score (nSPS) is 17.8. The molecule has 0 bridgehead atoms. The van der Waals surface area contributed by atoms with Gasteiger partial charge >= 0.3 is 0 Å². The van der Waals surface area contributed by atoms with E-state index >= 15 is 0 Å². The molecule has 0 aliphatic carbocycles. The minimum absolute atomic E-state index is 0.310. The molecule has 112 valence electrons. The van der Waals surface area contributed by atoms with E-state index in [4.69, 9.17) is 4.74 Å². The van der Waals surface area contributed by atoms with E-state index in [1.54, 1.807) is 11.0 Å². The molecule has 21 heavy (non-hydrogen) atoms. The van der Waals surface area contributed by atoms with Crippen LogP contribution in [-0.2, 0) is 4.74 Å². The van der Waals surface area contributed by atoms with Crippen molar-refractivity contribution in [2.45, 2.75) is 25.8 Å². The van der Waals surface area contributed by atoms with Gasteiger partial charge in [0, 0.05) is 19.3 Å². The maximum atomic E-state index is 5.40. The Labute approximate surface area is 124 Å². The number of aromatic nitrogens is 4. The monoisotopic (exact) mass is 287 g/mol. The van der Waals surface area contributed by atoms with Gasteiger partial charge in [0.05, 0.1) is 5.69 Å². The summed E-state index contributed by atoms with van der Waals surface area (Å²) in [5.41, 5.74) is 2.23. The van der Waals surface area contributed by atoms with Crippen molar-refractivity contribution in [3.8, 4) is 5.69 Å². The fourth-order valence-electron chi connectivity index (χ4n) is 2.63. The molecule has 2 aromatic rings. The number of nitrogens with zero attached hydrogens (tertiary/aromatic N) is 4. The van der Waals surface area contributed by atoms with Crippen molar-refractivity contribution < 1.29 is 4.74 Å². The number of hydrogen-bond donors (Lipinski definition) is 1. The lowest BCUT2D eigenvalue weighted by Crippen LogP contribution is -2.29. The van der Waals surface area contributed by atoms with E-state index in [-0.39, 0.29) is 0 Å². The fraction of sp³-hybridized carbons (Fsp3) is 0.533. The summed E-state index contributed by atoms with van der Waals surface area (Å²) in [7, 11) is 0. The molecule has 3 rings (SSSR count). The van der Waals surface area contributed by atoms with E-state index in [9.17, 15) is 0 Å². The molecule has 6 nitrogen and oxygen atoms in total. The highest BCUT2D eigenvalue weighted by Gasteiger charge is 2.15. The van der Waals surface area contributed by atoms with Crippen molar-refractivity contribution in [2.24, 2.45) is 5.92 Å². The Hall–Kier alpha value is -1.79. The van der Waals surface area contributed by atoms with Gasteiger partial charge in [-0.25, -0.2) is 4.68 Å². The summed E-state index contributed by atoms with van der Waals surface area (Å²) >= 11 is 0. The first-order valence-electron chi connectivity index (χ1n) is 7.47. The van der Waals surface area contributed by atoms with E-state index in [1.807, 2.05) is 12.1 Å². The Bertz CT molecular complexity index is 551. The molecule has 1 fully saturated rings. The third kappa shape index (κ3) is 3.65. The van der Waals surface area contributed by atoms with Crippen LogP contribution in [0.1, 0.15) is 31.4 Å². The number of tetrazole rings is 1. The molecular weight excluding hydrogens is 266 g/mol. The minimum atomic E-state index is 0.310. The van der Waals surface area contributed by atoms with E-state index in [1.165, 1.54) is 5.56 Å². The van der Waals surface area contributed by atoms with Crippen LogP contribution in [0.15, 0.2) is 30.6 Å². The Morgan fingerprint density at radius 1 is 1.38 bits per heavy atom. The molecule has 1 atom stereocenters. The number of hydrogen-bond acceptors (Lipinski definition) is 5. The molecule has 1 aromatic carbocycles. The summed E-state index contributed by atoms with van der Waals surface area (Å²) in [4.78, 5) is 0. The molecule has 1 saturated heterocycles. The van der Waals surface area contributed by atoms with Gasteiger partial charge in [-0.15, -0.1) is 5.10 Å². The van der Waals surface area contributed by atoms with Crippen molar-refractivity contribution in [3.05, 3.63) is 36.2 Å². The van der Waals surface area contributed by atoms with Gasteiger partial charge in [0.15, 0.2) is 0 Å². The molecule has 1 aromatic heterocycles. The molecular formula is C15H21N5O. The zero-order chi connectivity index (χ0) is 14.5. The van der Waals surface area contributed by atoms with Crippen LogP contribution in [0.3, 0.4) is 0 Å². The number of ether oxygens (including phenoxy) is 1. The van der Waals surface area contributed by atoms with Crippen molar-refractivity contribution in [2.75, 3.05) is 19.8 Å². The molecule has 6 heteroatoms. The van der Waals surface area contributed by atoms with E-state index < -0.39 is 0 Å². The minimum Gasteiger partial charge on any atom is -0.381 e. The highest BCUT2D eigenvalue weighted by molar-refractivity contribution is 5.35. The first-order chi connectivity index (χ1) is 10.3. The predicted octanol–water partition coefficient (Wildman–Crippen LogP) is 1.74. The topological polar surface area (TPSA) is 64.9 Å². The van der Waals surface area contributed by atoms with Crippen molar-refractivity contribution >= 4 is 0 Å². The lowest BCUT2D eigenvalue weighted by Gasteiger charge is -2.24. The summed E-state index contributed by atoms with van der Waals surface area (Å²) in [6, 6.07) is 8.61. The number of nitrogens with one attached hydrogen (secondary N) is 1. The molecule has 1 N–H and O–H groups in total. The zero-order valence-corrected chi connectivity index (χ0v) is 12.3. The van der Waals surface area contributed by atoms with Gasteiger partial charge < -0.3 is 10.1 Å². The molecule has 0 spiro atoms. The maximum Gasteiger partial charge on any atom is 0.143 e. The molecule has 1 aliphatic heterocycles. The highest BCUT2D eigenvalue weighted by atomic mass is 16.5. The lowest BCUT2D eigenvalue weighted by atomic mass is 9.99. The highest BCUT2D eigenvalue weighted by Crippen LogP contribution is 2.18. The Kier molecular flexibility index (Phi) is 4.57. The van der Waals surface area contributed by atoms with Crippen LogP contribution in [0.5, 0.6) is 0 Å². The van der Waals surface area contributed by atoms with Gasteiger partial charge in [0.2, 0.25) is 0 Å². The summed E-state index contributed by atoms with van der Waals surface area (Å²) in [6.45, 7) is 5.03. The standard InChI is InChI=1S/C15H21N5O/c1-12(16-10-13-5-7-21-8-6-13)14-3-2-4-15(9-14)20-11-17-18-19-20/h2-4,9,11-13,16H,5-8,10H2,1H3. The van der Waals surface area contributed by atoms with Crippen molar-refractivity contribution in [3.63, 3.8) is 0 Å². The number of benzene rings is 1. The summed E-state index contributed by atoms with van der Waals surface area (Å²) < 4.78 is 7.07. The molecule has 0 amide bonds. The third-order valence-electron chi connectivity index (χ3n) is 4.04. The van der Waals surface area contributed by atoms with Crippen LogP contribution in [0, 0.1) is 5.92 Å². The number of rotatable bonds is 5. The van der Waals surface area contributed by atoms with E-state index in [0.29, 0.717) is 6.04 Å². The van der Waals surface area contributed by atoms with Gasteiger partial charge in [0.25, 0.3) is 0 Å². The molecule has 2 heterocycles. The molecule has 1 unspecified atom stereocenters. The van der Waals surface area contributed by atoms with Crippen LogP contribution in [0.4, 0.5) is 0 Å². The second-order valence-electron chi connectivity index (χ2n) is 5.54. The van der Waals surface area contributed by atoms with Crippen molar-refractivity contribution in [1.82, 2.24) is 25.5 Å². The second-order valence-corrected chi connectivity index (χ2v) is 5.54. The third-order valence-corrected chi connectivity index (χ3v) is 4.04. The zero-order valence-electron chi connectivity index (χ0n) is 12.3. The fourth-order valence-corrected chi connectivity index (χ4v) is 2.63. The Morgan fingerprint density at radius 2 is 2.24 bits per heavy atom. The Balaban J connectivity index is 1.61. The first-order valence-corrected chi connectivity index (χ1v) is 7.47. The van der Waals surface area contributed by atoms with Gasteiger partial charge in [-0.05, 0) is 60.4 Å². The van der Waals surface area contributed by atoms with Gasteiger partial charge in [-0.1, -0.05) is 12.1 Å². The summed E-state index contributed by atoms with van der Waals surface area (Å²) in [5, 5.41) is 14.9. The van der Waals surface area contributed by atoms with Crippen LogP contribution in [0.25, 0.3) is 5.69 Å². The smallest absolute Gasteiger partial charge is 0.143 e. The summed E-state index contributed by atoms with van der Waals surface area (Å²) in [6.07, 6.45) is 3.92. The average molecular weight is 287 g/mol. The predicted molar refractivity (Wildman–Crippen MR) is 79.1 cm³/mol. The van der Waals surface area contributed by atoms with E-state index in [0.717, 1.165) is 44.2 Å². The Morgan fingerprint density at radius 3 is 3.00 bits per heavy atom.